The van der Waals surface area contributed by atoms with Gasteiger partial charge in [-0.25, -0.2) is 13.2 Å². The molecule has 0 spiro atoms. The van der Waals surface area contributed by atoms with Crippen LogP contribution in [0.3, 0.4) is 0 Å². The van der Waals surface area contributed by atoms with Crippen molar-refractivity contribution in [3.63, 3.8) is 0 Å². The van der Waals surface area contributed by atoms with Gasteiger partial charge < -0.3 is 5.11 Å². The third-order valence-electron chi connectivity index (χ3n) is 3.87. The average molecular weight is 436 g/mol. The number of rotatable bonds is 6. The molecular weight excluding hydrogens is 422 g/mol. The van der Waals surface area contributed by atoms with E-state index in [0.29, 0.717) is 21.0 Å². The van der Waals surface area contributed by atoms with E-state index in [2.05, 4.69) is 4.72 Å². The average Bonchev–Trinajstić information content (AvgIpc) is 3.05. The summed E-state index contributed by atoms with van der Waals surface area (Å²) in [5.41, 5.74) is 1.18. The van der Waals surface area contributed by atoms with Crippen molar-refractivity contribution in [2.75, 3.05) is 4.72 Å². The predicted octanol–water partition coefficient (Wildman–Crippen LogP) is 4.77. The Balaban J connectivity index is 1.98. The molecule has 0 fully saturated rings. The van der Waals surface area contributed by atoms with Gasteiger partial charge in [-0.05, 0) is 42.8 Å². The van der Waals surface area contributed by atoms with Gasteiger partial charge >= 0.3 is 5.97 Å². The van der Waals surface area contributed by atoms with E-state index in [1.165, 1.54) is 37.3 Å². The van der Waals surface area contributed by atoms with Crippen molar-refractivity contribution in [3.05, 3.63) is 70.1 Å². The minimum atomic E-state index is -3.98. The third-order valence-corrected chi connectivity index (χ3v) is 6.68. The molecule has 3 aromatic rings. The number of nitrogens with one attached hydrogen (secondary N) is 1. The molecule has 0 aliphatic rings. The molecule has 144 valence electrons. The van der Waals surface area contributed by atoms with Gasteiger partial charge in [-0.3, -0.25) is 9.52 Å². The highest BCUT2D eigenvalue weighted by Gasteiger charge is 2.22. The Morgan fingerprint density at radius 3 is 2.18 bits per heavy atom. The second-order valence-electron chi connectivity index (χ2n) is 5.85. The molecule has 0 atom stereocenters. The maximum absolute atomic E-state index is 12.6. The highest BCUT2D eigenvalue weighted by molar-refractivity contribution is 7.92. The summed E-state index contributed by atoms with van der Waals surface area (Å²) in [6, 6.07) is 13.6. The van der Waals surface area contributed by atoms with Gasteiger partial charge in [0.2, 0.25) is 0 Å². The molecule has 0 saturated carbocycles. The number of carboxylic acids is 1. The van der Waals surface area contributed by atoms with Crippen LogP contribution in [0.5, 0.6) is 0 Å². The molecule has 9 heteroatoms. The van der Waals surface area contributed by atoms with E-state index in [-0.39, 0.29) is 21.2 Å². The molecule has 3 rings (SSSR count). The molecule has 0 unspecified atom stereocenters. The number of hydrogen-bond donors (Lipinski definition) is 2. The SMILES string of the molecule is CC(=O)c1ccc(-c2cc(NS(=O)(=O)c3ccc(Cl)cc3)c(C(=O)O)s2)cc1. The lowest BCUT2D eigenvalue weighted by atomic mass is 10.1. The molecule has 1 aromatic heterocycles. The normalized spacial score (nSPS) is 11.2. The second-order valence-corrected chi connectivity index (χ2v) is 9.02. The fraction of sp³-hybridized carbons (Fsp3) is 0.0526. The van der Waals surface area contributed by atoms with E-state index in [1.54, 1.807) is 24.3 Å². The van der Waals surface area contributed by atoms with Crippen LogP contribution in [0.2, 0.25) is 5.02 Å². The van der Waals surface area contributed by atoms with Crippen LogP contribution >= 0.6 is 22.9 Å². The van der Waals surface area contributed by atoms with Crippen LogP contribution in [-0.4, -0.2) is 25.3 Å². The first-order chi connectivity index (χ1) is 13.2. The minimum absolute atomic E-state index is 0.0295. The first kappa shape index (κ1) is 20.1. The Morgan fingerprint density at radius 2 is 1.64 bits per heavy atom. The standard InChI is InChI=1S/C19H14ClNO5S2/c1-11(22)12-2-4-13(5-3-12)17-10-16(18(27-17)19(23)24)21-28(25,26)15-8-6-14(20)7-9-15/h2-10,21H,1H3,(H,23,24). The smallest absolute Gasteiger partial charge is 0.348 e. The number of halogens is 1. The van der Waals surface area contributed by atoms with Crippen molar-refractivity contribution in [3.8, 4) is 10.4 Å². The van der Waals surface area contributed by atoms with Crippen molar-refractivity contribution < 1.29 is 23.1 Å². The number of anilines is 1. The molecule has 0 aliphatic heterocycles. The molecule has 6 nitrogen and oxygen atoms in total. The van der Waals surface area contributed by atoms with Crippen LogP contribution in [0, 0.1) is 0 Å². The van der Waals surface area contributed by atoms with Crippen LogP contribution in [0.25, 0.3) is 10.4 Å². The maximum Gasteiger partial charge on any atom is 0.348 e. The molecule has 0 saturated heterocycles. The summed E-state index contributed by atoms with van der Waals surface area (Å²) in [7, 11) is -3.98. The van der Waals surface area contributed by atoms with Crippen molar-refractivity contribution in [2.45, 2.75) is 11.8 Å². The van der Waals surface area contributed by atoms with Crippen molar-refractivity contribution in [1.29, 1.82) is 0 Å². The third kappa shape index (κ3) is 4.24. The zero-order valence-corrected chi connectivity index (χ0v) is 16.9. The molecule has 2 aromatic carbocycles. The molecule has 2 N–H and O–H groups in total. The van der Waals surface area contributed by atoms with Gasteiger partial charge in [-0.2, -0.15) is 0 Å². The summed E-state index contributed by atoms with van der Waals surface area (Å²) in [5, 5.41) is 9.85. The quantitative estimate of drug-likeness (QED) is 0.543. The highest BCUT2D eigenvalue weighted by atomic mass is 35.5. The summed E-state index contributed by atoms with van der Waals surface area (Å²) >= 11 is 6.72. The summed E-state index contributed by atoms with van der Waals surface area (Å²) in [5.74, 6) is -1.33. The maximum atomic E-state index is 12.6. The topological polar surface area (TPSA) is 101 Å². The Kier molecular flexibility index (Phi) is 5.55. The monoisotopic (exact) mass is 435 g/mol. The van der Waals surface area contributed by atoms with Gasteiger partial charge in [0.1, 0.15) is 4.88 Å². The molecule has 0 aliphatic carbocycles. The molecule has 0 radical (unpaired) electrons. The zero-order valence-electron chi connectivity index (χ0n) is 14.5. The number of benzene rings is 2. The van der Waals surface area contributed by atoms with Gasteiger partial charge in [-0.1, -0.05) is 35.9 Å². The molecule has 28 heavy (non-hydrogen) atoms. The van der Waals surface area contributed by atoms with Crippen LogP contribution in [-0.2, 0) is 10.0 Å². The Hall–Kier alpha value is -2.68. The highest BCUT2D eigenvalue weighted by Crippen LogP contribution is 2.36. The molecule has 0 amide bonds. The van der Waals surface area contributed by atoms with E-state index in [9.17, 15) is 23.1 Å². The lowest BCUT2D eigenvalue weighted by Gasteiger charge is -2.07. The first-order valence-electron chi connectivity index (χ1n) is 7.94. The van der Waals surface area contributed by atoms with Gasteiger partial charge in [0.25, 0.3) is 10.0 Å². The number of hydrogen-bond acceptors (Lipinski definition) is 5. The van der Waals surface area contributed by atoms with Gasteiger partial charge in [0.15, 0.2) is 5.78 Å². The molecule has 1 heterocycles. The Bertz CT molecular complexity index is 1150. The van der Waals surface area contributed by atoms with E-state index in [1.807, 2.05) is 0 Å². The lowest BCUT2D eigenvalue weighted by molar-refractivity contribution is 0.0703. The van der Waals surface area contributed by atoms with Crippen LogP contribution in [0.4, 0.5) is 5.69 Å². The zero-order chi connectivity index (χ0) is 20.5. The fourth-order valence-electron chi connectivity index (χ4n) is 2.45. The lowest BCUT2D eigenvalue weighted by Crippen LogP contribution is -2.14. The molecular formula is C19H14ClNO5S2. The van der Waals surface area contributed by atoms with Gasteiger partial charge in [0, 0.05) is 15.5 Å². The van der Waals surface area contributed by atoms with Gasteiger partial charge in [-0.15, -0.1) is 11.3 Å². The van der Waals surface area contributed by atoms with Crippen molar-refractivity contribution in [2.24, 2.45) is 0 Å². The Labute approximate surface area is 170 Å². The van der Waals surface area contributed by atoms with E-state index >= 15 is 0 Å². The van der Waals surface area contributed by atoms with Gasteiger partial charge in [0.05, 0.1) is 10.6 Å². The van der Waals surface area contributed by atoms with Crippen molar-refractivity contribution in [1.82, 2.24) is 0 Å². The summed E-state index contributed by atoms with van der Waals surface area (Å²) in [6.07, 6.45) is 0. The number of carbonyl (C=O) groups is 2. The van der Waals surface area contributed by atoms with Crippen LogP contribution in [0.1, 0.15) is 27.0 Å². The molecule has 0 bridgehead atoms. The summed E-state index contributed by atoms with van der Waals surface area (Å²) in [6.45, 7) is 1.45. The number of Topliss-reactive ketones (excluding diaryl/α,β-unsaturated/α-hetero) is 1. The number of sulfonamides is 1. The van der Waals surface area contributed by atoms with E-state index in [0.717, 1.165) is 11.3 Å². The number of ketones is 1. The second kappa shape index (κ2) is 7.75. The number of carboxylic acid groups (broad SMARTS) is 1. The number of thiophene rings is 1. The summed E-state index contributed by atoms with van der Waals surface area (Å²) < 4.78 is 27.5. The van der Waals surface area contributed by atoms with E-state index < -0.39 is 16.0 Å². The van der Waals surface area contributed by atoms with Crippen LogP contribution in [0.15, 0.2) is 59.5 Å². The Morgan fingerprint density at radius 1 is 1.04 bits per heavy atom. The predicted molar refractivity (Wildman–Crippen MR) is 109 cm³/mol. The first-order valence-corrected chi connectivity index (χ1v) is 10.6. The van der Waals surface area contributed by atoms with Crippen molar-refractivity contribution >= 4 is 50.4 Å². The number of aromatic carboxylic acids is 1. The number of carbonyl (C=O) groups excluding carboxylic acids is 1. The largest absolute Gasteiger partial charge is 0.477 e. The van der Waals surface area contributed by atoms with E-state index in [4.69, 9.17) is 11.6 Å². The summed E-state index contributed by atoms with van der Waals surface area (Å²) in [4.78, 5) is 23.4. The van der Waals surface area contributed by atoms with Crippen LogP contribution < -0.4 is 4.72 Å². The minimum Gasteiger partial charge on any atom is -0.477 e. The fourth-order valence-corrected chi connectivity index (χ4v) is 4.67.